The maximum atomic E-state index is 12.8. The summed E-state index contributed by atoms with van der Waals surface area (Å²) < 4.78 is 37.4. The summed E-state index contributed by atoms with van der Waals surface area (Å²) in [6.07, 6.45) is 0.908. The highest BCUT2D eigenvalue weighted by Gasteiger charge is 2.17. The third-order valence-electron chi connectivity index (χ3n) is 3.00. The molecule has 9 heteroatoms. The van der Waals surface area contributed by atoms with Gasteiger partial charge in [0.2, 0.25) is 10.0 Å². The van der Waals surface area contributed by atoms with Gasteiger partial charge in [-0.15, -0.1) is 0 Å². The lowest BCUT2D eigenvalue weighted by Crippen LogP contribution is -2.23. The first-order valence-electron chi connectivity index (χ1n) is 6.72. The zero-order chi connectivity index (χ0) is 17.9. The van der Waals surface area contributed by atoms with E-state index in [1.165, 1.54) is 24.3 Å². The van der Waals surface area contributed by atoms with Crippen LogP contribution in [0.4, 0.5) is 10.1 Å². The molecule has 1 amide bonds. The van der Waals surface area contributed by atoms with Crippen molar-refractivity contribution in [2.75, 3.05) is 11.0 Å². The van der Waals surface area contributed by atoms with Gasteiger partial charge in [-0.25, -0.2) is 12.8 Å². The van der Waals surface area contributed by atoms with Crippen LogP contribution in [0.3, 0.4) is 0 Å². The van der Waals surface area contributed by atoms with Crippen LogP contribution in [0.15, 0.2) is 36.4 Å². The summed E-state index contributed by atoms with van der Waals surface area (Å²) in [5, 5.41) is 21.9. The van der Waals surface area contributed by atoms with Crippen LogP contribution in [0.2, 0.25) is 0 Å². The molecule has 0 spiro atoms. The Kier molecular flexibility index (Phi) is 4.93. The van der Waals surface area contributed by atoms with E-state index >= 15 is 0 Å². The number of sulfonamides is 1. The van der Waals surface area contributed by atoms with Crippen molar-refractivity contribution in [2.24, 2.45) is 0 Å². The molecule has 0 aromatic heterocycles. The zero-order valence-electron chi connectivity index (χ0n) is 12.6. The second kappa shape index (κ2) is 6.75. The number of aromatic hydroxyl groups is 2. The van der Waals surface area contributed by atoms with Crippen molar-refractivity contribution in [2.45, 2.75) is 6.54 Å². The van der Waals surface area contributed by atoms with E-state index in [1.807, 2.05) is 0 Å². The van der Waals surface area contributed by atoms with Gasteiger partial charge in [-0.3, -0.25) is 9.52 Å². The third-order valence-corrected chi connectivity index (χ3v) is 3.61. The second-order valence-corrected chi connectivity index (χ2v) is 6.82. The van der Waals surface area contributed by atoms with Crippen LogP contribution in [0, 0.1) is 5.82 Å². The molecular weight excluding hydrogens is 339 g/mol. The van der Waals surface area contributed by atoms with E-state index in [-0.39, 0.29) is 17.8 Å². The smallest absolute Gasteiger partial charge is 0.255 e. The molecule has 24 heavy (non-hydrogen) atoms. The van der Waals surface area contributed by atoms with Gasteiger partial charge in [0, 0.05) is 12.6 Å². The predicted molar refractivity (Wildman–Crippen MR) is 85.8 cm³/mol. The molecule has 0 heterocycles. The van der Waals surface area contributed by atoms with Crippen molar-refractivity contribution in [1.29, 1.82) is 0 Å². The minimum atomic E-state index is -3.62. The van der Waals surface area contributed by atoms with E-state index in [4.69, 9.17) is 0 Å². The van der Waals surface area contributed by atoms with Crippen LogP contribution in [0.1, 0.15) is 15.9 Å². The van der Waals surface area contributed by atoms with Crippen molar-refractivity contribution >= 4 is 21.6 Å². The SMILES string of the molecule is CS(=O)(=O)Nc1cc(O)c(O)c(C(=O)NCc2ccc(F)cc2)c1. The molecule has 0 atom stereocenters. The molecule has 0 saturated heterocycles. The average molecular weight is 354 g/mol. The van der Waals surface area contributed by atoms with E-state index in [9.17, 15) is 27.8 Å². The van der Waals surface area contributed by atoms with Crippen LogP contribution >= 0.6 is 0 Å². The lowest BCUT2D eigenvalue weighted by atomic mass is 10.1. The van der Waals surface area contributed by atoms with Crippen LogP contribution in [-0.4, -0.2) is 30.8 Å². The van der Waals surface area contributed by atoms with Crippen molar-refractivity contribution in [1.82, 2.24) is 5.32 Å². The number of halogens is 1. The van der Waals surface area contributed by atoms with E-state index in [0.717, 1.165) is 18.4 Å². The summed E-state index contributed by atoms with van der Waals surface area (Å²) in [6, 6.07) is 7.51. The van der Waals surface area contributed by atoms with E-state index < -0.39 is 33.2 Å². The van der Waals surface area contributed by atoms with Gasteiger partial charge in [-0.1, -0.05) is 12.1 Å². The minimum Gasteiger partial charge on any atom is -0.504 e. The quantitative estimate of drug-likeness (QED) is 0.480. The minimum absolute atomic E-state index is 0.0586. The van der Waals surface area contributed by atoms with Gasteiger partial charge in [0.05, 0.1) is 17.5 Å². The molecule has 2 aromatic carbocycles. The van der Waals surface area contributed by atoms with Crippen molar-refractivity contribution in [3.63, 3.8) is 0 Å². The molecule has 2 rings (SSSR count). The first kappa shape index (κ1) is 17.5. The normalized spacial score (nSPS) is 11.1. The maximum absolute atomic E-state index is 12.8. The molecule has 2 aromatic rings. The van der Waals surface area contributed by atoms with Crippen molar-refractivity contribution in [3.8, 4) is 11.5 Å². The van der Waals surface area contributed by atoms with Crippen molar-refractivity contribution in [3.05, 3.63) is 53.3 Å². The van der Waals surface area contributed by atoms with E-state index in [0.29, 0.717) is 5.56 Å². The molecule has 0 unspecified atom stereocenters. The number of phenolic OH excluding ortho intramolecular Hbond substituents is 2. The van der Waals surface area contributed by atoms with Gasteiger partial charge in [0.25, 0.3) is 5.91 Å². The van der Waals surface area contributed by atoms with Crippen LogP contribution in [-0.2, 0) is 16.6 Å². The van der Waals surface area contributed by atoms with E-state index in [1.54, 1.807) is 0 Å². The molecule has 0 saturated carbocycles. The molecule has 0 aliphatic rings. The van der Waals surface area contributed by atoms with Crippen LogP contribution < -0.4 is 10.0 Å². The number of hydrogen-bond donors (Lipinski definition) is 4. The Labute approximate surface area is 137 Å². The fourth-order valence-electron chi connectivity index (χ4n) is 1.95. The lowest BCUT2D eigenvalue weighted by Gasteiger charge is -2.11. The molecule has 128 valence electrons. The monoisotopic (exact) mass is 354 g/mol. The molecule has 4 N–H and O–H groups in total. The third kappa shape index (κ3) is 4.59. The van der Waals surface area contributed by atoms with Gasteiger partial charge in [0.15, 0.2) is 11.5 Å². The van der Waals surface area contributed by atoms with E-state index in [2.05, 4.69) is 10.0 Å². The highest BCUT2D eigenvalue weighted by Crippen LogP contribution is 2.33. The number of rotatable bonds is 5. The summed E-state index contributed by atoms with van der Waals surface area (Å²) in [7, 11) is -3.62. The largest absolute Gasteiger partial charge is 0.504 e. The number of carbonyl (C=O) groups excluding carboxylic acids is 1. The lowest BCUT2D eigenvalue weighted by molar-refractivity contribution is 0.0947. The van der Waals surface area contributed by atoms with Crippen molar-refractivity contribution < 1.29 is 27.8 Å². The zero-order valence-corrected chi connectivity index (χ0v) is 13.4. The van der Waals surface area contributed by atoms with Gasteiger partial charge < -0.3 is 15.5 Å². The second-order valence-electron chi connectivity index (χ2n) is 5.07. The molecule has 0 radical (unpaired) electrons. The summed E-state index contributed by atoms with van der Waals surface area (Å²) in [4.78, 5) is 12.1. The predicted octanol–water partition coefficient (Wildman–Crippen LogP) is 1.54. The number of phenols is 2. The summed E-state index contributed by atoms with van der Waals surface area (Å²) in [5.74, 6) is -2.46. The number of anilines is 1. The Hall–Kier alpha value is -2.81. The molecule has 0 fully saturated rings. The van der Waals surface area contributed by atoms with Crippen LogP contribution in [0.5, 0.6) is 11.5 Å². The Morgan fingerprint density at radius 2 is 1.79 bits per heavy atom. The summed E-state index contributed by atoms with van der Waals surface area (Å²) in [6.45, 7) is 0.0586. The first-order chi connectivity index (χ1) is 11.2. The number of carbonyl (C=O) groups is 1. The van der Waals surface area contributed by atoms with Gasteiger partial charge in [-0.2, -0.15) is 0 Å². The molecule has 0 aliphatic carbocycles. The Morgan fingerprint density at radius 3 is 2.38 bits per heavy atom. The number of hydrogen-bond acceptors (Lipinski definition) is 5. The molecule has 7 nitrogen and oxygen atoms in total. The topological polar surface area (TPSA) is 116 Å². The van der Waals surface area contributed by atoms with Gasteiger partial charge in [0.1, 0.15) is 5.82 Å². The molecule has 0 aliphatic heterocycles. The van der Waals surface area contributed by atoms with Gasteiger partial charge in [-0.05, 0) is 23.8 Å². The Balaban J connectivity index is 2.20. The summed E-state index contributed by atoms with van der Waals surface area (Å²) in [5.41, 5.74) is 0.252. The fraction of sp³-hybridized carbons (Fsp3) is 0.133. The van der Waals surface area contributed by atoms with Gasteiger partial charge >= 0.3 is 0 Å². The fourth-order valence-corrected chi connectivity index (χ4v) is 2.49. The maximum Gasteiger partial charge on any atom is 0.255 e. The molecule has 0 bridgehead atoms. The number of nitrogens with one attached hydrogen (secondary N) is 2. The molecular formula is C15H15FN2O5S. The summed E-state index contributed by atoms with van der Waals surface area (Å²) >= 11 is 0. The van der Waals surface area contributed by atoms with Crippen LogP contribution in [0.25, 0.3) is 0 Å². The Bertz CT molecular complexity index is 866. The Morgan fingerprint density at radius 1 is 1.17 bits per heavy atom. The number of benzene rings is 2. The average Bonchev–Trinajstić information content (AvgIpc) is 2.48. The number of amides is 1. The first-order valence-corrected chi connectivity index (χ1v) is 8.61. The highest BCUT2D eigenvalue weighted by molar-refractivity contribution is 7.92. The standard InChI is InChI=1S/C15H15FN2O5S/c1-24(22,23)18-11-6-12(14(20)13(19)7-11)15(21)17-8-9-2-4-10(16)5-3-9/h2-7,18-20H,8H2,1H3,(H,17,21). The highest BCUT2D eigenvalue weighted by atomic mass is 32.2.